The van der Waals surface area contributed by atoms with Gasteiger partial charge in [-0.15, -0.1) is 0 Å². The molecule has 0 atom stereocenters. The largest absolute Gasteiger partial charge is 0.383 e. The molecule has 0 unspecified atom stereocenters. The van der Waals surface area contributed by atoms with Gasteiger partial charge in [0.05, 0.1) is 16.9 Å². The fourth-order valence-electron chi connectivity index (χ4n) is 2.60. The molecule has 0 amide bonds. The van der Waals surface area contributed by atoms with Gasteiger partial charge in [0.1, 0.15) is 22.5 Å². The average molecular weight is 379 g/mol. The Labute approximate surface area is 150 Å². The minimum atomic E-state index is -3.76. The second-order valence-electron chi connectivity index (χ2n) is 5.44. The molecule has 1 aliphatic rings. The lowest BCUT2D eigenvalue weighted by Gasteiger charge is -2.35. The van der Waals surface area contributed by atoms with E-state index in [2.05, 4.69) is 9.97 Å². The standard InChI is InChI=1S/C15H15ClN6O2S/c16-11-7-14(15(18)20-9-11)25(23,24)22-5-3-21(4-6-22)13-2-1-12(8-17)19-10-13/h1-2,7,9-10H,3-6H2,(H2,18,20). The number of hydrogen-bond donors (Lipinski definition) is 1. The van der Waals surface area contributed by atoms with Crippen LogP contribution < -0.4 is 10.6 Å². The van der Waals surface area contributed by atoms with E-state index in [1.807, 2.05) is 11.0 Å². The average Bonchev–Trinajstić information content (AvgIpc) is 2.64. The first-order chi connectivity index (χ1) is 11.9. The molecular formula is C15H15ClN6O2S. The van der Waals surface area contributed by atoms with Gasteiger partial charge in [-0.3, -0.25) is 0 Å². The third-order valence-corrected chi connectivity index (χ3v) is 6.07. The molecule has 0 radical (unpaired) electrons. The van der Waals surface area contributed by atoms with Gasteiger partial charge in [0.25, 0.3) is 0 Å². The number of piperazine rings is 1. The predicted octanol–water partition coefficient (Wildman–Crippen LogP) is 1.09. The first-order valence-electron chi connectivity index (χ1n) is 7.44. The summed E-state index contributed by atoms with van der Waals surface area (Å²) in [6.07, 6.45) is 2.92. The van der Waals surface area contributed by atoms with E-state index in [-0.39, 0.29) is 15.7 Å². The van der Waals surface area contributed by atoms with Crippen LogP contribution in [0, 0.1) is 11.3 Å². The second-order valence-corrected chi connectivity index (χ2v) is 7.78. The van der Waals surface area contributed by atoms with Crippen LogP contribution in [0.3, 0.4) is 0 Å². The fraction of sp³-hybridized carbons (Fsp3) is 0.267. The molecular weight excluding hydrogens is 364 g/mol. The zero-order chi connectivity index (χ0) is 18.0. The van der Waals surface area contributed by atoms with E-state index in [1.54, 1.807) is 18.3 Å². The van der Waals surface area contributed by atoms with Crippen molar-refractivity contribution in [1.29, 1.82) is 5.26 Å². The first kappa shape index (κ1) is 17.4. The van der Waals surface area contributed by atoms with Gasteiger partial charge < -0.3 is 10.6 Å². The summed E-state index contributed by atoms with van der Waals surface area (Å²) in [6.45, 7) is 1.60. The maximum absolute atomic E-state index is 12.8. The van der Waals surface area contributed by atoms with Crippen LogP contribution in [0.2, 0.25) is 5.02 Å². The van der Waals surface area contributed by atoms with Gasteiger partial charge in [-0.1, -0.05) is 11.6 Å². The zero-order valence-corrected chi connectivity index (χ0v) is 14.7. The van der Waals surface area contributed by atoms with Crippen molar-refractivity contribution in [3.05, 3.63) is 41.3 Å². The molecule has 8 nitrogen and oxygen atoms in total. The van der Waals surface area contributed by atoms with Crippen molar-refractivity contribution in [3.8, 4) is 6.07 Å². The van der Waals surface area contributed by atoms with Crippen LogP contribution in [0.15, 0.2) is 35.5 Å². The molecule has 2 aromatic heterocycles. The minimum absolute atomic E-state index is 0.0666. The maximum Gasteiger partial charge on any atom is 0.246 e. The SMILES string of the molecule is N#Cc1ccc(N2CCN(S(=O)(=O)c3cc(Cl)cnc3N)CC2)cn1. The number of nitrogens with zero attached hydrogens (tertiary/aromatic N) is 5. The van der Waals surface area contributed by atoms with Gasteiger partial charge in [0.15, 0.2) is 0 Å². The quantitative estimate of drug-likeness (QED) is 0.849. The first-order valence-corrected chi connectivity index (χ1v) is 9.26. The van der Waals surface area contributed by atoms with E-state index in [4.69, 9.17) is 22.6 Å². The molecule has 1 aliphatic heterocycles. The Morgan fingerprint density at radius 2 is 1.88 bits per heavy atom. The number of rotatable bonds is 3. The summed E-state index contributed by atoms with van der Waals surface area (Å²) in [5.41, 5.74) is 6.90. The molecule has 1 saturated heterocycles. The summed E-state index contributed by atoms with van der Waals surface area (Å²) in [5, 5.41) is 9.01. The van der Waals surface area contributed by atoms with E-state index in [1.165, 1.54) is 16.6 Å². The van der Waals surface area contributed by atoms with Crippen molar-refractivity contribution in [3.63, 3.8) is 0 Å². The molecule has 25 heavy (non-hydrogen) atoms. The Morgan fingerprint density at radius 3 is 2.48 bits per heavy atom. The smallest absolute Gasteiger partial charge is 0.246 e. The minimum Gasteiger partial charge on any atom is -0.383 e. The van der Waals surface area contributed by atoms with E-state index >= 15 is 0 Å². The molecule has 0 bridgehead atoms. The molecule has 0 aromatic carbocycles. The van der Waals surface area contributed by atoms with Gasteiger partial charge in [0.2, 0.25) is 10.0 Å². The molecule has 130 valence electrons. The predicted molar refractivity (Wildman–Crippen MR) is 93.6 cm³/mol. The van der Waals surface area contributed by atoms with Gasteiger partial charge in [0, 0.05) is 32.4 Å². The van der Waals surface area contributed by atoms with Crippen LogP contribution in [0.5, 0.6) is 0 Å². The lowest BCUT2D eigenvalue weighted by atomic mass is 10.3. The lowest BCUT2D eigenvalue weighted by molar-refractivity contribution is 0.385. The van der Waals surface area contributed by atoms with Crippen molar-refractivity contribution in [2.45, 2.75) is 4.90 Å². The highest BCUT2D eigenvalue weighted by atomic mass is 35.5. The number of sulfonamides is 1. The molecule has 3 heterocycles. The van der Waals surface area contributed by atoms with Crippen molar-refractivity contribution < 1.29 is 8.42 Å². The van der Waals surface area contributed by atoms with Crippen molar-refractivity contribution in [2.24, 2.45) is 0 Å². The number of anilines is 2. The highest BCUT2D eigenvalue weighted by Gasteiger charge is 2.30. The number of nitrogen functional groups attached to an aromatic ring is 1. The monoisotopic (exact) mass is 378 g/mol. The van der Waals surface area contributed by atoms with Crippen molar-refractivity contribution >= 4 is 33.1 Å². The Balaban J connectivity index is 1.75. The van der Waals surface area contributed by atoms with Crippen LogP contribution in [0.25, 0.3) is 0 Å². The maximum atomic E-state index is 12.8. The summed E-state index contributed by atoms with van der Waals surface area (Å²) >= 11 is 5.85. The normalized spacial score (nSPS) is 15.8. The summed E-state index contributed by atoms with van der Waals surface area (Å²) in [6, 6.07) is 6.72. The molecule has 0 spiro atoms. The molecule has 3 rings (SSSR count). The number of aromatic nitrogens is 2. The lowest BCUT2D eigenvalue weighted by Crippen LogP contribution is -2.48. The number of pyridine rings is 2. The summed E-state index contributed by atoms with van der Waals surface area (Å²) in [4.78, 5) is 9.79. The summed E-state index contributed by atoms with van der Waals surface area (Å²) in [7, 11) is -3.76. The molecule has 10 heteroatoms. The van der Waals surface area contributed by atoms with E-state index in [0.29, 0.717) is 31.9 Å². The number of nitriles is 1. The van der Waals surface area contributed by atoms with Crippen molar-refractivity contribution in [1.82, 2.24) is 14.3 Å². The van der Waals surface area contributed by atoms with E-state index < -0.39 is 10.0 Å². The van der Waals surface area contributed by atoms with Gasteiger partial charge in [-0.2, -0.15) is 9.57 Å². The Kier molecular flexibility index (Phi) is 4.76. The van der Waals surface area contributed by atoms with Gasteiger partial charge >= 0.3 is 0 Å². The fourth-order valence-corrected chi connectivity index (χ4v) is 4.34. The second kappa shape index (κ2) is 6.84. The summed E-state index contributed by atoms with van der Waals surface area (Å²) in [5.74, 6) is -0.0666. The molecule has 0 saturated carbocycles. The number of nitrogens with two attached hydrogens (primary N) is 1. The zero-order valence-electron chi connectivity index (χ0n) is 13.1. The molecule has 2 N–H and O–H groups in total. The molecule has 2 aromatic rings. The third-order valence-electron chi connectivity index (χ3n) is 3.93. The third kappa shape index (κ3) is 3.51. The Bertz CT molecular complexity index is 918. The van der Waals surface area contributed by atoms with Gasteiger partial charge in [-0.05, 0) is 18.2 Å². The van der Waals surface area contributed by atoms with Crippen LogP contribution in [0.4, 0.5) is 11.5 Å². The highest BCUT2D eigenvalue weighted by Crippen LogP contribution is 2.25. The van der Waals surface area contributed by atoms with Crippen LogP contribution in [-0.4, -0.2) is 48.9 Å². The number of halogens is 1. The van der Waals surface area contributed by atoms with Crippen LogP contribution in [-0.2, 0) is 10.0 Å². The molecule has 0 aliphatic carbocycles. The Morgan fingerprint density at radius 1 is 1.16 bits per heavy atom. The van der Waals surface area contributed by atoms with Crippen molar-refractivity contribution in [2.75, 3.05) is 36.8 Å². The van der Waals surface area contributed by atoms with E-state index in [9.17, 15) is 8.42 Å². The summed E-state index contributed by atoms with van der Waals surface area (Å²) < 4.78 is 26.9. The molecule has 1 fully saturated rings. The highest BCUT2D eigenvalue weighted by molar-refractivity contribution is 7.89. The number of hydrogen-bond acceptors (Lipinski definition) is 7. The van der Waals surface area contributed by atoms with Crippen LogP contribution in [0.1, 0.15) is 5.69 Å². The van der Waals surface area contributed by atoms with Gasteiger partial charge in [-0.25, -0.2) is 18.4 Å². The van der Waals surface area contributed by atoms with E-state index in [0.717, 1.165) is 5.69 Å². The Hall–Kier alpha value is -2.41. The topological polar surface area (TPSA) is 116 Å². The van der Waals surface area contributed by atoms with Crippen LogP contribution >= 0.6 is 11.6 Å².